The Hall–Kier alpha value is -2.39. The second-order valence-corrected chi connectivity index (χ2v) is 7.34. The highest BCUT2D eigenvalue weighted by molar-refractivity contribution is 7.03. The minimum absolute atomic E-state index is 0.00892. The Morgan fingerprint density at radius 3 is 2.41 bits per heavy atom. The number of piperidine rings is 1. The van der Waals surface area contributed by atoms with Gasteiger partial charge in [-0.15, -0.1) is 5.10 Å². The van der Waals surface area contributed by atoms with Gasteiger partial charge in [0, 0.05) is 49.4 Å². The lowest BCUT2D eigenvalue weighted by atomic mass is 9.92. The summed E-state index contributed by atoms with van der Waals surface area (Å²) < 4.78 is 9.04. The first-order valence-electron chi connectivity index (χ1n) is 9.11. The van der Waals surface area contributed by atoms with Crippen LogP contribution in [-0.4, -0.2) is 75.6 Å². The largest absolute Gasteiger partial charge is 0.378 e. The van der Waals surface area contributed by atoms with Crippen LogP contribution in [-0.2, 0) is 4.74 Å². The van der Waals surface area contributed by atoms with Crippen molar-refractivity contribution in [3.63, 3.8) is 0 Å². The standard InChI is InChI=1S/C18H21N5O3S/c24-17(23-7-9-26-10-8-23)14-1-2-15(19-11-14)13-3-5-22(6-4-13)18(25)16-12-27-21-20-16/h1-2,11-13H,3-10H2. The summed E-state index contributed by atoms with van der Waals surface area (Å²) >= 11 is 1.19. The number of aromatic nitrogens is 3. The van der Waals surface area contributed by atoms with Gasteiger partial charge in [0.2, 0.25) is 0 Å². The van der Waals surface area contributed by atoms with E-state index in [4.69, 9.17) is 4.74 Å². The summed E-state index contributed by atoms with van der Waals surface area (Å²) in [5.74, 6) is 0.256. The van der Waals surface area contributed by atoms with E-state index in [1.54, 1.807) is 16.5 Å². The zero-order valence-corrected chi connectivity index (χ0v) is 15.7. The lowest BCUT2D eigenvalue weighted by Crippen LogP contribution is -2.40. The molecule has 2 fully saturated rings. The molecule has 2 amide bonds. The third kappa shape index (κ3) is 3.98. The van der Waals surface area contributed by atoms with Crippen molar-refractivity contribution in [2.24, 2.45) is 0 Å². The monoisotopic (exact) mass is 387 g/mol. The van der Waals surface area contributed by atoms with Gasteiger partial charge in [-0.3, -0.25) is 14.6 Å². The van der Waals surface area contributed by atoms with Crippen LogP contribution in [0.15, 0.2) is 23.7 Å². The normalized spacial score (nSPS) is 18.5. The number of hydrogen-bond acceptors (Lipinski definition) is 7. The number of nitrogens with zero attached hydrogens (tertiary/aromatic N) is 5. The van der Waals surface area contributed by atoms with Crippen molar-refractivity contribution in [1.82, 2.24) is 24.4 Å². The van der Waals surface area contributed by atoms with E-state index in [-0.39, 0.29) is 11.8 Å². The SMILES string of the molecule is O=C(c1ccc(C2CCN(C(=O)c3csnn3)CC2)nc1)N1CCOCC1. The van der Waals surface area contributed by atoms with Crippen LogP contribution < -0.4 is 0 Å². The molecule has 9 heteroatoms. The van der Waals surface area contributed by atoms with Crippen LogP contribution in [0.5, 0.6) is 0 Å². The molecule has 4 rings (SSSR count). The van der Waals surface area contributed by atoms with Crippen molar-refractivity contribution < 1.29 is 14.3 Å². The van der Waals surface area contributed by atoms with Crippen LogP contribution >= 0.6 is 11.5 Å². The van der Waals surface area contributed by atoms with Gasteiger partial charge < -0.3 is 14.5 Å². The highest BCUT2D eigenvalue weighted by Gasteiger charge is 2.27. The number of rotatable bonds is 3. The molecule has 8 nitrogen and oxygen atoms in total. The smallest absolute Gasteiger partial charge is 0.275 e. The quantitative estimate of drug-likeness (QED) is 0.792. The molecule has 0 aliphatic carbocycles. The van der Waals surface area contributed by atoms with E-state index in [1.165, 1.54) is 11.5 Å². The second kappa shape index (κ2) is 8.10. The molecule has 2 aromatic rings. The maximum atomic E-state index is 12.5. The zero-order chi connectivity index (χ0) is 18.6. The lowest BCUT2D eigenvalue weighted by Gasteiger charge is -2.31. The molecule has 27 heavy (non-hydrogen) atoms. The van der Waals surface area contributed by atoms with Crippen LogP contribution in [0, 0.1) is 0 Å². The first-order valence-corrected chi connectivity index (χ1v) is 9.95. The molecule has 2 aromatic heterocycles. The number of likely N-dealkylation sites (tertiary alicyclic amines) is 1. The Morgan fingerprint density at radius 1 is 1.04 bits per heavy atom. The van der Waals surface area contributed by atoms with Gasteiger partial charge >= 0.3 is 0 Å². The predicted molar refractivity (Wildman–Crippen MR) is 98.7 cm³/mol. The fourth-order valence-electron chi connectivity index (χ4n) is 3.52. The number of morpholine rings is 1. The Bertz CT molecular complexity index is 782. The van der Waals surface area contributed by atoms with E-state index in [0.29, 0.717) is 56.6 Å². The Morgan fingerprint density at radius 2 is 1.78 bits per heavy atom. The molecule has 0 N–H and O–H groups in total. The molecule has 4 heterocycles. The van der Waals surface area contributed by atoms with E-state index in [0.717, 1.165) is 18.5 Å². The summed E-state index contributed by atoms with van der Waals surface area (Å²) in [5.41, 5.74) is 2.02. The van der Waals surface area contributed by atoms with E-state index in [1.807, 2.05) is 17.0 Å². The Labute approximate surface area is 161 Å². The number of hydrogen-bond donors (Lipinski definition) is 0. The predicted octanol–water partition coefficient (Wildman–Crippen LogP) is 1.43. The molecule has 2 saturated heterocycles. The molecule has 0 bridgehead atoms. The first kappa shape index (κ1) is 18.0. The van der Waals surface area contributed by atoms with E-state index in [2.05, 4.69) is 14.6 Å². The fraction of sp³-hybridized carbons (Fsp3) is 0.500. The highest BCUT2D eigenvalue weighted by Crippen LogP contribution is 2.27. The highest BCUT2D eigenvalue weighted by atomic mass is 32.1. The van der Waals surface area contributed by atoms with Crippen LogP contribution in [0.25, 0.3) is 0 Å². The van der Waals surface area contributed by atoms with Crippen LogP contribution in [0.2, 0.25) is 0 Å². The maximum absolute atomic E-state index is 12.5. The molecule has 0 spiro atoms. The van der Waals surface area contributed by atoms with Gasteiger partial charge in [-0.25, -0.2) is 0 Å². The third-order valence-electron chi connectivity index (χ3n) is 5.11. The van der Waals surface area contributed by atoms with Gasteiger partial charge in [-0.05, 0) is 36.5 Å². The minimum Gasteiger partial charge on any atom is -0.378 e. The molecule has 0 radical (unpaired) electrons. The summed E-state index contributed by atoms with van der Waals surface area (Å²) in [4.78, 5) is 33.0. The van der Waals surface area contributed by atoms with Gasteiger partial charge in [0.25, 0.3) is 11.8 Å². The van der Waals surface area contributed by atoms with Crippen molar-refractivity contribution in [2.45, 2.75) is 18.8 Å². The minimum atomic E-state index is -0.0541. The number of pyridine rings is 1. The number of carbonyl (C=O) groups excluding carboxylic acids is 2. The van der Waals surface area contributed by atoms with E-state index >= 15 is 0 Å². The molecule has 0 unspecified atom stereocenters. The first-order chi connectivity index (χ1) is 13.2. The maximum Gasteiger partial charge on any atom is 0.275 e. The number of carbonyl (C=O) groups is 2. The van der Waals surface area contributed by atoms with Crippen LogP contribution in [0.1, 0.15) is 45.3 Å². The van der Waals surface area contributed by atoms with Crippen LogP contribution in [0.4, 0.5) is 0 Å². The molecule has 0 atom stereocenters. The van der Waals surface area contributed by atoms with Crippen molar-refractivity contribution in [1.29, 1.82) is 0 Å². The summed E-state index contributed by atoms with van der Waals surface area (Å²) in [5, 5.41) is 5.54. The topological polar surface area (TPSA) is 88.5 Å². The number of amides is 2. The van der Waals surface area contributed by atoms with E-state index in [9.17, 15) is 9.59 Å². The van der Waals surface area contributed by atoms with Gasteiger partial charge in [-0.2, -0.15) is 0 Å². The third-order valence-corrected chi connectivity index (χ3v) is 5.62. The van der Waals surface area contributed by atoms with E-state index < -0.39 is 0 Å². The molecule has 2 aliphatic rings. The summed E-state index contributed by atoms with van der Waals surface area (Å²) in [6.45, 7) is 3.79. The van der Waals surface area contributed by atoms with Gasteiger partial charge in [0.15, 0.2) is 5.69 Å². The van der Waals surface area contributed by atoms with Crippen molar-refractivity contribution >= 4 is 23.3 Å². The molecular formula is C18H21N5O3S. The van der Waals surface area contributed by atoms with Crippen molar-refractivity contribution in [3.8, 4) is 0 Å². The Kier molecular flexibility index (Phi) is 5.40. The molecule has 0 aromatic carbocycles. The summed E-state index contributed by atoms with van der Waals surface area (Å²) in [6.07, 6.45) is 3.38. The molecular weight excluding hydrogens is 366 g/mol. The Balaban J connectivity index is 1.34. The zero-order valence-electron chi connectivity index (χ0n) is 14.9. The van der Waals surface area contributed by atoms with Crippen molar-refractivity contribution in [3.05, 3.63) is 40.7 Å². The average Bonchev–Trinajstić information content (AvgIpc) is 3.28. The molecule has 0 saturated carbocycles. The van der Waals surface area contributed by atoms with Gasteiger partial charge in [0.1, 0.15) is 0 Å². The number of ether oxygens (including phenoxy) is 1. The second-order valence-electron chi connectivity index (χ2n) is 6.73. The van der Waals surface area contributed by atoms with Gasteiger partial charge in [-0.1, -0.05) is 4.49 Å². The fourth-order valence-corrected chi connectivity index (χ4v) is 3.95. The van der Waals surface area contributed by atoms with Crippen molar-refractivity contribution in [2.75, 3.05) is 39.4 Å². The summed E-state index contributed by atoms with van der Waals surface area (Å²) in [7, 11) is 0. The molecule has 142 valence electrons. The summed E-state index contributed by atoms with van der Waals surface area (Å²) in [6, 6.07) is 3.80. The molecule has 2 aliphatic heterocycles. The van der Waals surface area contributed by atoms with Gasteiger partial charge in [0.05, 0.1) is 18.8 Å². The average molecular weight is 387 g/mol. The van der Waals surface area contributed by atoms with Crippen LogP contribution in [0.3, 0.4) is 0 Å². The lowest BCUT2D eigenvalue weighted by molar-refractivity contribution is 0.0302.